The number of ether oxygens (including phenoxy) is 1. The molecular formula is C23H27Cl2N7O4. The van der Waals surface area contributed by atoms with Crippen LogP contribution in [0.5, 0.6) is 0 Å². The monoisotopic (exact) mass is 535 g/mol. The zero-order valence-corrected chi connectivity index (χ0v) is 22.0. The van der Waals surface area contributed by atoms with Crippen molar-refractivity contribution in [2.45, 2.75) is 25.5 Å². The molecule has 1 aliphatic rings. The van der Waals surface area contributed by atoms with Crippen LogP contribution in [0.25, 0.3) is 11.5 Å². The summed E-state index contributed by atoms with van der Waals surface area (Å²) in [6.07, 6.45) is 2.47. The van der Waals surface area contributed by atoms with Gasteiger partial charge in [0.05, 0.1) is 16.1 Å². The van der Waals surface area contributed by atoms with Gasteiger partial charge in [-0.1, -0.05) is 23.2 Å². The second kappa shape index (κ2) is 10.9. The predicted molar refractivity (Wildman–Crippen MR) is 136 cm³/mol. The van der Waals surface area contributed by atoms with E-state index >= 15 is 0 Å². The highest BCUT2D eigenvalue weighted by molar-refractivity contribution is 6.42. The predicted octanol–water partition coefficient (Wildman–Crippen LogP) is 3.83. The Labute approximate surface area is 218 Å². The number of carbonyl (C=O) groups is 2. The first-order valence-corrected chi connectivity index (χ1v) is 12.0. The van der Waals surface area contributed by atoms with Gasteiger partial charge in [0.2, 0.25) is 17.7 Å². The topological polar surface area (TPSA) is 110 Å². The van der Waals surface area contributed by atoms with Crippen LogP contribution in [0.3, 0.4) is 0 Å². The number of urea groups is 1. The van der Waals surface area contributed by atoms with Crippen LogP contribution in [0.15, 0.2) is 22.6 Å². The van der Waals surface area contributed by atoms with Gasteiger partial charge < -0.3 is 19.0 Å². The van der Waals surface area contributed by atoms with Crippen LogP contribution >= 0.6 is 23.2 Å². The minimum atomic E-state index is -0.313. The van der Waals surface area contributed by atoms with Gasteiger partial charge in [0.25, 0.3) is 0 Å². The Balaban J connectivity index is 1.71. The van der Waals surface area contributed by atoms with E-state index in [-0.39, 0.29) is 42.0 Å². The van der Waals surface area contributed by atoms with Crippen LogP contribution in [-0.4, -0.2) is 84.4 Å². The number of aromatic nitrogens is 4. The summed E-state index contributed by atoms with van der Waals surface area (Å²) in [6.45, 7) is 1.44. The summed E-state index contributed by atoms with van der Waals surface area (Å²) in [4.78, 5) is 34.5. The van der Waals surface area contributed by atoms with Gasteiger partial charge >= 0.3 is 6.03 Å². The molecule has 192 valence electrons. The van der Waals surface area contributed by atoms with Crippen LogP contribution in [-0.2, 0) is 11.3 Å². The molecule has 2 aromatic heterocycles. The molecule has 36 heavy (non-hydrogen) atoms. The smallest absolute Gasteiger partial charge is 0.324 e. The Hall–Kier alpha value is -3.15. The van der Waals surface area contributed by atoms with Crippen LogP contribution < -0.4 is 9.80 Å². The lowest BCUT2D eigenvalue weighted by Crippen LogP contribution is -2.38. The van der Waals surface area contributed by atoms with Gasteiger partial charge in [-0.2, -0.15) is 4.98 Å². The van der Waals surface area contributed by atoms with E-state index in [4.69, 9.17) is 37.3 Å². The molecule has 0 bridgehead atoms. The summed E-state index contributed by atoms with van der Waals surface area (Å²) in [6, 6.07) is 4.70. The molecule has 0 aliphatic carbocycles. The molecule has 1 aromatic carbocycles. The van der Waals surface area contributed by atoms with Crippen molar-refractivity contribution in [3.05, 3.63) is 39.8 Å². The summed E-state index contributed by atoms with van der Waals surface area (Å²) in [7, 11) is 6.55. The number of anilines is 2. The van der Waals surface area contributed by atoms with Crippen LogP contribution in [0, 0.1) is 0 Å². The van der Waals surface area contributed by atoms with Gasteiger partial charge in [-0.3, -0.25) is 14.3 Å². The average molecular weight is 536 g/mol. The van der Waals surface area contributed by atoms with E-state index in [1.807, 2.05) is 0 Å². The zero-order chi connectivity index (χ0) is 26.0. The molecule has 0 atom stereocenters. The number of methoxy groups -OCH3 is 1. The number of amides is 2. The number of benzene rings is 1. The molecule has 0 unspecified atom stereocenters. The molecule has 2 amide bonds. The minimum absolute atomic E-state index is 0.0823. The number of piperidine rings is 1. The van der Waals surface area contributed by atoms with E-state index < -0.39 is 0 Å². The largest absolute Gasteiger partial charge is 0.419 e. The Morgan fingerprint density at radius 1 is 1.19 bits per heavy atom. The highest BCUT2D eigenvalue weighted by Crippen LogP contribution is 2.31. The molecule has 4 rings (SSSR count). The van der Waals surface area contributed by atoms with Gasteiger partial charge in [-0.25, -0.2) is 4.79 Å². The molecule has 11 nitrogen and oxygen atoms in total. The third-order valence-electron chi connectivity index (χ3n) is 6.05. The summed E-state index contributed by atoms with van der Waals surface area (Å²) in [5, 5.41) is 9.07. The SMILES string of the molecule is COC1CCN(c2nc(N(C)C(=O)N(C)C)c(C=O)n2Cc2nnc(-c3ccc(Cl)c(Cl)c3)o2)CC1. The fraction of sp³-hybridized carbons (Fsp3) is 0.435. The first kappa shape index (κ1) is 25.9. The van der Waals surface area contributed by atoms with Crippen molar-refractivity contribution in [2.75, 3.05) is 51.1 Å². The van der Waals surface area contributed by atoms with Gasteiger partial charge in [-0.15, -0.1) is 10.2 Å². The van der Waals surface area contributed by atoms with Gasteiger partial charge in [-0.05, 0) is 31.0 Å². The molecule has 3 aromatic rings. The Morgan fingerprint density at radius 3 is 2.53 bits per heavy atom. The third-order valence-corrected chi connectivity index (χ3v) is 6.79. The number of halogens is 2. The van der Waals surface area contributed by atoms with Crippen molar-refractivity contribution in [2.24, 2.45) is 0 Å². The van der Waals surface area contributed by atoms with Crippen molar-refractivity contribution in [3.8, 4) is 11.5 Å². The lowest BCUT2D eigenvalue weighted by molar-refractivity contribution is 0.0815. The minimum Gasteiger partial charge on any atom is -0.419 e. The van der Waals surface area contributed by atoms with E-state index in [9.17, 15) is 9.59 Å². The Bertz CT molecular complexity index is 1250. The van der Waals surface area contributed by atoms with Gasteiger partial charge in [0.1, 0.15) is 12.2 Å². The average Bonchev–Trinajstić information content (AvgIpc) is 3.49. The number of carbonyl (C=O) groups excluding carboxylic acids is 2. The summed E-state index contributed by atoms with van der Waals surface area (Å²) < 4.78 is 13.1. The third kappa shape index (κ3) is 5.18. The maximum atomic E-state index is 12.7. The maximum Gasteiger partial charge on any atom is 0.324 e. The van der Waals surface area contributed by atoms with E-state index in [1.54, 1.807) is 51.0 Å². The molecule has 1 fully saturated rings. The lowest BCUT2D eigenvalue weighted by atomic mass is 10.1. The van der Waals surface area contributed by atoms with E-state index in [1.165, 1.54) is 9.80 Å². The van der Waals surface area contributed by atoms with Crippen LogP contribution in [0.4, 0.5) is 16.6 Å². The molecule has 3 heterocycles. The molecule has 0 spiro atoms. The van der Waals surface area contributed by atoms with E-state index in [0.717, 1.165) is 12.8 Å². The number of hydrogen-bond donors (Lipinski definition) is 0. The number of aldehydes is 1. The normalized spacial score (nSPS) is 14.2. The molecule has 0 N–H and O–H groups in total. The highest BCUT2D eigenvalue weighted by atomic mass is 35.5. The Morgan fingerprint density at radius 2 is 1.92 bits per heavy atom. The van der Waals surface area contributed by atoms with Crippen molar-refractivity contribution >= 4 is 47.3 Å². The standard InChI is InChI=1S/C23H27Cl2N7O4/c1-29(2)23(34)30(3)20-18(13-33)32(22(26-20)31-9-7-15(35-4)8-10-31)12-19-27-28-21(36-19)14-5-6-16(24)17(25)11-14/h5-6,11,13,15H,7-10,12H2,1-4H3. The van der Waals surface area contributed by atoms with E-state index in [2.05, 4.69) is 15.1 Å². The molecular weight excluding hydrogens is 509 g/mol. The second-order valence-electron chi connectivity index (χ2n) is 8.61. The summed E-state index contributed by atoms with van der Waals surface area (Å²) in [5.41, 5.74) is 0.842. The number of rotatable bonds is 7. The summed E-state index contributed by atoms with van der Waals surface area (Å²) in [5.74, 6) is 1.31. The molecule has 1 aliphatic heterocycles. The van der Waals surface area contributed by atoms with Crippen molar-refractivity contribution in [1.29, 1.82) is 0 Å². The molecule has 0 saturated carbocycles. The van der Waals surface area contributed by atoms with Crippen LogP contribution in [0.1, 0.15) is 29.2 Å². The zero-order valence-electron chi connectivity index (χ0n) is 20.4. The first-order chi connectivity index (χ1) is 17.2. The van der Waals surface area contributed by atoms with Crippen molar-refractivity contribution in [1.82, 2.24) is 24.6 Å². The van der Waals surface area contributed by atoms with Crippen LogP contribution in [0.2, 0.25) is 10.0 Å². The molecule has 13 heteroatoms. The molecule has 0 radical (unpaired) electrons. The summed E-state index contributed by atoms with van der Waals surface area (Å²) >= 11 is 12.1. The fourth-order valence-corrected chi connectivity index (χ4v) is 4.38. The first-order valence-electron chi connectivity index (χ1n) is 11.3. The highest BCUT2D eigenvalue weighted by Gasteiger charge is 2.30. The Kier molecular flexibility index (Phi) is 7.82. The number of imidazole rings is 1. The number of hydrogen-bond acceptors (Lipinski definition) is 8. The number of nitrogens with zero attached hydrogens (tertiary/aromatic N) is 7. The second-order valence-corrected chi connectivity index (χ2v) is 9.43. The molecule has 1 saturated heterocycles. The van der Waals surface area contributed by atoms with E-state index in [0.29, 0.717) is 40.9 Å². The quantitative estimate of drug-likeness (QED) is 0.419. The van der Waals surface area contributed by atoms with Gasteiger partial charge in [0.15, 0.2) is 12.1 Å². The van der Waals surface area contributed by atoms with Gasteiger partial charge in [0, 0.05) is 46.9 Å². The fourth-order valence-electron chi connectivity index (χ4n) is 4.08. The lowest BCUT2D eigenvalue weighted by Gasteiger charge is -2.32. The maximum absolute atomic E-state index is 12.7. The van der Waals surface area contributed by atoms with Crippen molar-refractivity contribution in [3.63, 3.8) is 0 Å². The van der Waals surface area contributed by atoms with Crippen molar-refractivity contribution < 1.29 is 18.7 Å².